The first-order valence-corrected chi connectivity index (χ1v) is 7.45. The summed E-state index contributed by atoms with van der Waals surface area (Å²) < 4.78 is 5.95. The first kappa shape index (κ1) is 16.3. The van der Waals surface area contributed by atoms with Gasteiger partial charge in [-0.15, -0.1) is 0 Å². The lowest BCUT2D eigenvalue weighted by Gasteiger charge is -2.26. The van der Waals surface area contributed by atoms with Gasteiger partial charge in [-0.1, -0.05) is 48.0 Å². The quantitative estimate of drug-likeness (QED) is 0.850. The Hall–Kier alpha value is -2.08. The number of amides is 1. The van der Waals surface area contributed by atoms with Crippen molar-refractivity contribution in [1.82, 2.24) is 5.32 Å². The molecule has 1 aromatic heterocycles. The van der Waals surface area contributed by atoms with Crippen LogP contribution in [0.15, 0.2) is 45.5 Å². The number of aromatic carboxylic acids is 1. The number of furan rings is 1. The monoisotopic (exact) mass is 365 g/mol. The molecule has 6 heteroatoms. The summed E-state index contributed by atoms with van der Waals surface area (Å²) in [6.45, 7) is 4.41. The minimum absolute atomic E-state index is 0.0136. The molecule has 1 aromatic carbocycles. The number of benzene rings is 1. The molecule has 0 aliphatic heterocycles. The summed E-state index contributed by atoms with van der Waals surface area (Å²) in [4.78, 5) is 22.8. The molecule has 0 spiro atoms. The number of nitrogens with one attached hydrogen (secondary N) is 1. The fraction of sp³-hybridized carbons (Fsp3) is 0.250. The van der Waals surface area contributed by atoms with Crippen LogP contribution in [0.4, 0.5) is 0 Å². The fourth-order valence-electron chi connectivity index (χ4n) is 2.06. The highest BCUT2D eigenvalue weighted by Crippen LogP contribution is 2.29. The maximum absolute atomic E-state index is 12.0. The van der Waals surface area contributed by atoms with Crippen molar-refractivity contribution in [2.45, 2.75) is 19.3 Å². The lowest BCUT2D eigenvalue weighted by Crippen LogP contribution is -2.36. The van der Waals surface area contributed by atoms with Crippen molar-refractivity contribution in [3.05, 3.63) is 58.0 Å². The fourth-order valence-corrected chi connectivity index (χ4v) is 2.88. The Balaban J connectivity index is 2.06. The third-order valence-electron chi connectivity index (χ3n) is 3.36. The van der Waals surface area contributed by atoms with Crippen molar-refractivity contribution >= 4 is 27.8 Å². The van der Waals surface area contributed by atoms with Crippen LogP contribution in [0.2, 0.25) is 0 Å². The molecule has 0 saturated carbocycles. The molecule has 2 N–H and O–H groups in total. The lowest BCUT2D eigenvalue weighted by molar-refractivity contribution is 0.0696. The van der Waals surface area contributed by atoms with E-state index in [-0.39, 0.29) is 16.7 Å². The highest BCUT2D eigenvalue weighted by Gasteiger charge is 2.24. The number of hydrogen-bond donors (Lipinski definition) is 2. The molecule has 22 heavy (non-hydrogen) atoms. The van der Waals surface area contributed by atoms with Gasteiger partial charge in [-0.25, -0.2) is 4.79 Å². The predicted molar refractivity (Wildman–Crippen MR) is 85.2 cm³/mol. The maximum Gasteiger partial charge on any atom is 0.338 e. The predicted octanol–water partition coefficient (Wildman–Crippen LogP) is 3.45. The average Bonchev–Trinajstić information content (AvgIpc) is 2.95. The van der Waals surface area contributed by atoms with Crippen LogP contribution >= 0.6 is 15.9 Å². The zero-order valence-corrected chi connectivity index (χ0v) is 13.8. The molecule has 0 unspecified atom stereocenters. The van der Waals surface area contributed by atoms with Gasteiger partial charge < -0.3 is 14.8 Å². The van der Waals surface area contributed by atoms with E-state index < -0.39 is 11.9 Å². The molecule has 1 amide bonds. The van der Waals surface area contributed by atoms with Gasteiger partial charge in [0.15, 0.2) is 5.76 Å². The summed E-state index contributed by atoms with van der Waals surface area (Å²) in [5, 5.41) is 11.6. The molecule has 2 aromatic rings. The first-order chi connectivity index (χ1) is 10.3. The Labute approximate surface area is 136 Å². The Bertz CT molecular complexity index is 706. The molecule has 0 aliphatic carbocycles. The molecular formula is C16H16BrNO4. The van der Waals surface area contributed by atoms with E-state index in [1.165, 1.54) is 6.07 Å². The summed E-state index contributed by atoms with van der Waals surface area (Å²) in [6.07, 6.45) is 1.05. The summed E-state index contributed by atoms with van der Waals surface area (Å²) in [5.74, 6) is -1.58. The summed E-state index contributed by atoms with van der Waals surface area (Å²) in [7, 11) is 0. The Morgan fingerprint density at radius 2 is 2.00 bits per heavy atom. The van der Waals surface area contributed by atoms with Crippen molar-refractivity contribution in [2.24, 2.45) is 0 Å². The van der Waals surface area contributed by atoms with Gasteiger partial charge in [0.25, 0.3) is 5.91 Å². The van der Waals surface area contributed by atoms with Gasteiger partial charge in [-0.2, -0.15) is 0 Å². The SMILES string of the molecule is CC(C)(CNC(=O)c1cc(C(=O)O)co1)c1ccccc1Br. The van der Waals surface area contributed by atoms with Crippen LogP contribution in [0, 0.1) is 0 Å². The molecule has 0 fully saturated rings. The molecule has 0 radical (unpaired) electrons. The van der Waals surface area contributed by atoms with Crippen LogP contribution < -0.4 is 5.32 Å². The van der Waals surface area contributed by atoms with Gasteiger partial charge in [0.2, 0.25) is 0 Å². The molecular weight excluding hydrogens is 350 g/mol. The van der Waals surface area contributed by atoms with Crippen LogP contribution in [0.1, 0.15) is 40.3 Å². The van der Waals surface area contributed by atoms with Gasteiger partial charge in [-0.3, -0.25) is 4.79 Å². The minimum Gasteiger partial charge on any atom is -0.478 e. The molecule has 2 rings (SSSR count). The van der Waals surface area contributed by atoms with Crippen molar-refractivity contribution in [3.63, 3.8) is 0 Å². The zero-order valence-electron chi connectivity index (χ0n) is 12.2. The Morgan fingerprint density at radius 1 is 1.32 bits per heavy atom. The summed E-state index contributed by atoms with van der Waals surface area (Å²) >= 11 is 3.51. The molecule has 116 valence electrons. The number of carboxylic acids is 1. The second-order valence-electron chi connectivity index (χ2n) is 5.55. The third kappa shape index (κ3) is 3.57. The van der Waals surface area contributed by atoms with Crippen molar-refractivity contribution in [1.29, 1.82) is 0 Å². The topological polar surface area (TPSA) is 79.5 Å². The average molecular weight is 366 g/mol. The first-order valence-electron chi connectivity index (χ1n) is 6.66. The normalized spacial score (nSPS) is 11.2. The number of carbonyl (C=O) groups is 2. The van der Waals surface area contributed by atoms with Gasteiger partial charge >= 0.3 is 5.97 Å². The van der Waals surface area contributed by atoms with E-state index in [9.17, 15) is 9.59 Å². The molecule has 0 aliphatic rings. The van der Waals surface area contributed by atoms with Crippen LogP contribution in [0.25, 0.3) is 0 Å². The number of hydrogen-bond acceptors (Lipinski definition) is 3. The largest absolute Gasteiger partial charge is 0.478 e. The van der Waals surface area contributed by atoms with E-state index in [0.29, 0.717) is 6.54 Å². The minimum atomic E-state index is -1.13. The van der Waals surface area contributed by atoms with Crippen molar-refractivity contribution < 1.29 is 19.1 Å². The molecule has 0 bridgehead atoms. The number of halogens is 1. The lowest BCUT2D eigenvalue weighted by atomic mass is 9.84. The second kappa shape index (κ2) is 6.36. The van der Waals surface area contributed by atoms with Crippen LogP contribution in [-0.4, -0.2) is 23.5 Å². The van der Waals surface area contributed by atoms with Gasteiger partial charge in [-0.05, 0) is 11.6 Å². The van der Waals surface area contributed by atoms with Crippen LogP contribution in [-0.2, 0) is 5.41 Å². The maximum atomic E-state index is 12.0. The van der Waals surface area contributed by atoms with Crippen molar-refractivity contribution in [2.75, 3.05) is 6.54 Å². The second-order valence-corrected chi connectivity index (χ2v) is 6.41. The van der Waals surface area contributed by atoms with E-state index in [4.69, 9.17) is 9.52 Å². The third-order valence-corrected chi connectivity index (χ3v) is 4.06. The van der Waals surface area contributed by atoms with E-state index in [1.54, 1.807) is 0 Å². The van der Waals surface area contributed by atoms with Gasteiger partial charge in [0, 0.05) is 22.5 Å². The highest BCUT2D eigenvalue weighted by atomic mass is 79.9. The van der Waals surface area contributed by atoms with E-state index in [2.05, 4.69) is 21.2 Å². The van der Waals surface area contributed by atoms with Crippen molar-refractivity contribution in [3.8, 4) is 0 Å². The zero-order chi connectivity index (χ0) is 16.3. The molecule has 0 atom stereocenters. The molecule has 1 heterocycles. The molecule has 0 saturated heterocycles. The smallest absolute Gasteiger partial charge is 0.338 e. The summed E-state index contributed by atoms with van der Waals surface area (Å²) in [6, 6.07) is 9.02. The van der Waals surface area contributed by atoms with Gasteiger partial charge in [0.1, 0.15) is 6.26 Å². The number of carboxylic acid groups (broad SMARTS) is 1. The van der Waals surface area contributed by atoms with E-state index >= 15 is 0 Å². The van der Waals surface area contributed by atoms with Gasteiger partial charge in [0.05, 0.1) is 5.56 Å². The number of carbonyl (C=O) groups excluding carboxylic acids is 1. The van der Waals surface area contributed by atoms with Crippen LogP contribution in [0.5, 0.6) is 0 Å². The standard InChI is InChI=1S/C16H16BrNO4/c1-16(2,11-5-3-4-6-12(11)17)9-18-14(19)13-7-10(8-22-13)15(20)21/h3-8H,9H2,1-2H3,(H,18,19)(H,20,21). The van der Waals surface area contributed by atoms with E-state index in [1.807, 2.05) is 38.1 Å². The Morgan fingerprint density at radius 3 is 2.59 bits per heavy atom. The van der Waals surface area contributed by atoms with Crippen LogP contribution in [0.3, 0.4) is 0 Å². The molecule has 5 nitrogen and oxygen atoms in total. The number of rotatable bonds is 5. The highest BCUT2D eigenvalue weighted by molar-refractivity contribution is 9.10. The van der Waals surface area contributed by atoms with E-state index in [0.717, 1.165) is 16.3 Å². The summed E-state index contributed by atoms with van der Waals surface area (Å²) in [5.41, 5.74) is 0.731. The Kier molecular flexibility index (Phi) is 4.71.